The van der Waals surface area contributed by atoms with Crippen LogP contribution in [0.15, 0.2) is 16.8 Å². The summed E-state index contributed by atoms with van der Waals surface area (Å²) in [5.41, 5.74) is 0.653. The minimum absolute atomic E-state index is 0. The SMILES string of the molecule is Cl.O=C(CCNC(=O)c1ccsc1)NCC1CCCN1. The highest BCUT2D eigenvalue weighted by Crippen LogP contribution is 2.05. The molecule has 0 aromatic carbocycles. The van der Waals surface area contributed by atoms with Crippen LogP contribution in [0.4, 0.5) is 0 Å². The maximum Gasteiger partial charge on any atom is 0.252 e. The molecular weight excluding hydrogens is 298 g/mol. The van der Waals surface area contributed by atoms with Crippen molar-refractivity contribution in [3.63, 3.8) is 0 Å². The lowest BCUT2D eigenvalue weighted by molar-refractivity contribution is -0.121. The Labute approximate surface area is 128 Å². The van der Waals surface area contributed by atoms with Crippen LogP contribution in [0, 0.1) is 0 Å². The quantitative estimate of drug-likeness (QED) is 0.737. The number of thiophene rings is 1. The molecule has 5 nitrogen and oxygen atoms in total. The first-order valence-electron chi connectivity index (χ1n) is 6.56. The monoisotopic (exact) mass is 317 g/mol. The van der Waals surface area contributed by atoms with Crippen LogP contribution in [0.3, 0.4) is 0 Å². The molecule has 1 aliphatic rings. The number of halogens is 1. The van der Waals surface area contributed by atoms with Crippen LogP contribution in [0.5, 0.6) is 0 Å². The highest BCUT2D eigenvalue weighted by atomic mass is 35.5. The van der Waals surface area contributed by atoms with Gasteiger partial charge < -0.3 is 16.0 Å². The van der Waals surface area contributed by atoms with E-state index in [1.807, 2.05) is 5.38 Å². The third kappa shape index (κ3) is 5.48. The van der Waals surface area contributed by atoms with Gasteiger partial charge in [-0.2, -0.15) is 11.3 Å². The highest BCUT2D eigenvalue weighted by molar-refractivity contribution is 7.08. The summed E-state index contributed by atoms with van der Waals surface area (Å²) in [6, 6.07) is 2.18. The number of nitrogens with one attached hydrogen (secondary N) is 3. The zero-order valence-electron chi connectivity index (χ0n) is 11.2. The van der Waals surface area contributed by atoms with Gasteiger partial charge in [-0.3, -0.25) is 9.59 Å². The average molecular weight is 318 g/mol. The number of carbonyl (C=O) groups excluding carboxylic acids is 2. The summed E-state index contributed by atoms with van der Waals surface area (Å²) in [5.74, 6) is -0.133. The molecule has 112 valence electrons. The van der Waals surface area contributed by atoms with Gasteiger partial charge in [0.05, 0.1) is 0 Å². The molecule has 0 bridgehead atoms. The van der Waals surface area contributed by atoms with Crippen molar-refractivity contribution in [3.8, 4) is 0 Å². The van der Waals surface area contributed by atoms with Crippen molar-refractivity contribution >= 4 is 35.6 Å². The molecule has 7 heteroatoms. The van der Waals surface area contributed by atoms with E-state index in [-0.39, 0.29) is 24.2 Å². The molecule has 1 aromatic heterocycles. The first kappa shape index (κ1) is 16.9. The number of amides is 2. The van der Waals surface area contributed by atoms with E-state index in [1.54, 1.807) is 11.4 Å². The molecule has 1 aromatic rings. The predicted molar refractivity (Wildman–Crippen MR) is 82.6 cm³/mol. The lowest BCUT2D eigenvalue weighted by Crippen LogP contribution is -2.38. The minimum Gasteiger partial charge on any atom is -0.354 e. The molecule has 1 atom stereocenters. The zero-order chi connectivity index (χ0) is 13.5. The van der Waals surface area contributed by atoms with E-state index in [0.717, 1.165) is 13.0 Å². The number of rotatable bonds is 6. The molecule has 1 aliphatic heterocycles. The summed E-state index contributed by atoms with van der Waals surface area (Å²) in [7, 11) is 0. The summed E-state index contributed by atoms with van der Waals surface area (Å²) in [6.07, 6.45) is 2.62. The fourth-order valence-electron chi connectivity index (χ4n) is 2.04. The van der Waals surface area contributed by atoms with Crippen molar-refractivity contribution in [2.45, 2.75) is 25.3 Å². The maximum atomic E-state index is 11.6. The second-order valence-electron chi connectivity index (χ2n) is 4.62. The van der Waals surface area contributed by atoms with Crippen molar-refractivity contribution in [2.24, 2.45) is 0 Å². The number of carbonyl (C=O) groups is 2. The molecule has 0 radical (unpaired) electrons. The van der Waals surface area contributed by atoms with Gasteiger partial charge in [0, 0.05) is 36.5 Å². The lowest BCUT2D eigenvalue weighted by atomic mass is 10.2. The highest BCUT2D eigenvalue weighted by Gasteiger charge is 2.14. The molecule has 1 saturated heterocycles. The standard InChI is InChI=1S/C13H19N3O2S.ClH/c17-12(16-8-11-2-1-5-14-11)3-6-15-13(18)10-4-7-19-9-10;/h4,7,9,11,14H,1-3,5-6,8H2,(H,15,18)(H,16,17);1H. The largest absolute Gasteiger partial charge is 0.354 e. The van der Waals surface area contributed by atoms with E-state index in [2.05, 4.69) is 16.0 Å². The molecule has 0 spiro atoms. The number of hydrogen-bond donors (Lipinski definition) is 3. The Morgan fingerprint density at radius 3 is 2.90 bits per heavy atom. The Hall–Kier alpha value is -1.11. The van der Waals surface area contributed by atoms with Crippen LogP contribution >= 0.6 is 23.7 Å². The third-order valence-corrected chi connectivity index (χ3v) is 3.81. The molecule has 2 rings (SSSR count). The van der Waals surface area contributed by atoms with Gasteiger partial charge in [-0.1, -0.05) is 0 Å². The molecule has 1 unspecified atom stereocenters. The van der Waals surface area contributed by atoms with Crippen molar-refractivity contribution in [2.75, 3.05) is 19.6 Å². The van der Waals surface area contributed by atoms with Gasteiger partial charge in [-0.15, -0.1) is 12.4 Å². The second kappa shape index (κ2) is 8.94. The normalized spacial score (nSPS) is 17.3. The smallest absolute Gasteiger partial charge is 0.252 e. The van der Waals surface area contributed by atoms with Gasteiger partial charge in [0.25, 0.3) is 5.91 Å². The Morgan fingerprint density at radius 2 is 2.25 bits per heavy atom. The van der Waals surface area contributed by atoms with Crippen molar-refractivity contribution < 1.29 is 9.59 Å². The Bertz CT molecular complexity index is 419. The second-order valence-corrected chi connectivity index (χ2v) is 5.40. The van der Waals surface area contributed by atoms with Crippen molar-refractivity contribution in [1.29, 1.82) is 0 Å². The fourth-order valence-corrected chi connectivity index (χ4v) is 2.68. The van der Waals surface area contributed by atoms with E-state index in [9.17, 15) is 9.59 Å². The number of hydrogen-bond acceptors (Lipinski definition) is 4. The summed E-state index contributed by atoms with van der Waals surface area (Å²) in [6.45, 7) is 2.09. The zero-order valence-corrected chi connectivity index (χ0v) is 12.8. The molecule has 0 saturated carbocycles. The van der Waals surface area contributed by atoms with E-state index >= 15 is 0 Å². The van der Waals surface area contributed by atoms with Gasteiger partial charge in [-0.25, -0.2) is 0 Å². The molecule has 1 fully saturated rings. The molecule has 0 aliphatic carbocycles. The van der Waals surface area contributed by atoms with Crippen LogP contribution in [-0.2, 0) is 4.79 Å². The van der Waals surface area contributed by atoms with Gasteiger partial charge in [-0.05, 0) is 30.8 Å². The van der Waals surface area contributed by atoms with Crippen LogP contribution in [0.2, 0.25) is 0 Å². The van der Waals surface area contributed by atoms with E-state index in [1.165, 1.54) is 17.8 Å². The predicted octanol–water partition coefficient (Wildman–Crippen LogP) is 1.16. The van der Waals surface area contributed by atoms with Gasteiger partial charge in [0.2, 0.25) is 5.91 Å². The lowest BCUT2D eigenvalue weighted by Gasteiger charge is -2.11. The van der Waals surface area contributed by atoms with Crippen molar-refractivity contribution in [3.05, 3.63) is 22.4 Å². The van der Waals surface area contributed by atoms with E-state index in [4.69, 9.17) is 0 Å². The molecule has 3 N–H and O–H groups in total. The molecule has 20 heavy (non-hydrogen) atoms. The van der Waals surface area contributed by atoms with E-state index < -0.39 is 0 Å². The van der Waals surface area contributed by atoms with Gasteiger partial charge in [0.1, 0.15) is 0 Å². The minimum atomic E-state index is -0.119. The molecule has 2 amide bonds. The third-order valence-electron chi connectivity index (χ3n) is 3.13. The van der Waals surface area contributed by atoms with Crippen LogP contribution in [-0.4, -0.2) is 37.5 Å². The Balaban J connectivity index is 0.00000200. The summed E-state index contributed by atoms with van der Waals surface area (Å²) >= 11 is 1.48. The molecular formula is C13H20ClN3O2S. The van der Waals surface area contributed by atoms with Crippen molar-refractivity contribution in [1.82, 2.24) is 16.0 Å². The van der Waals surface area contributed by atoms with Crippen LogP contribution in [0.25, 0.3) is 0 Å². The topological polar surface area (TPSA) is 70.2 Å². The summed E-state index contributed by atoms with van der Waals surface area (Å²) < 4.78 is 0. The molecule has 2 heterocycles. The van der Waals surface area contributed by atoms with E-state index in [0.29, 0.717) is 31.1 Å². The Kier molecular flexibility index (Phi) is 7.58. The summed E-state index contributed by atoms with van der Waals surface area (Å²) in [4.78, 5) is 23.2. The van der Waals surface area contributed by atoms with Crippen LogP contribution < -0.4 is 16.0 Å². The fraction of sp³-hybridized carbons (Fsp3) is 0.538. The van der Waals surface area contributed by atoms with Gasteiger partial charge in [0.15, 0.2) is 0 Å². The maximum absolute atomic E-state index is 11.6. The van der Waals surface area contributed by atoms with Gasteiger partial charge >= 0.3 is 0 Å². The average Bonchev–Trinajstić information content (AvgIpc) is 3.09. The first-order valence-corrected chi connectivity index (χ1v) is 7.50. The van der Waals surface area contributed by atoms with Crippen LogP contribution in [0.1, 0.15) is 29.6 Å². The first-order chi connectivity index (χ1) is 9.25. The summed E-state index contributed by atoms with van der Waals surface area (Å²) in [5, 5.41) is 12.6. The Morgan fingerprint density at radius 1 is 1.40 bits per heavy atom.